The molecule has 0 heterocycles. The molecule has 2 aromatic carbocycles. The van der Waals surface area contributed by atoms with Crippen molar-refractivity contribution < 1.29 is 19.0 Å². The molecule has 0 spiro atoms. The van der Waals surface area contributed by atoms with Gasteiger partial charge < -0.3 is 9.84 Å². The van der Waals surface area contributed by atoms with E-state index in [4.69, 9.17) is 21.4 Å². The van der Waals surface area contributed by atoms with Crippen molar-refractivity contribution in [1.29, 1.82) is 0 Å². The highest BCUT2D eigenvalue weighted by molar-refractivity contribution is 6.30. The van der Waals surface area contributed by atoms with E-state index >= 15 is 0 Å². The van der Waals surface area contributed by atoms with Crippen molar-refractivity contribution in [1.82, 2.24) is 0 Å². The monoisotopic (exact) mass is 266 g/mol. The highest BCUT2D eigenvalue weighted by atomic mass is 35.5. The van der Waals surface area contributed by atoms with Crippen molar-refractivity contribution >= 4 is 17.6 Å². The minimum atomic E-state index is -1.38. The number of hydrogen-bond acceptors (Lipinski definition) is 2. The number of carboxylic acids is 1. The number of hydrogen-bond donors (Lipinski definition) is 1. The highest BCUT2D eigenvalue weighted by Crippen LogP contribution is 2.27. The van der Waals surface area contributed by atoms with E-state index in [0.29, 0.717) is 10.8 Å². The van der Waals surface area contributed by atoms with Crippen LogP contribution in [0.3, 0.4) is 0 Å². The Labute approximate surface area is 107 Å². The summed E-state index contributed by atoms with van der Waals surface area (Å²) in [5.41, 5.74) is -0.493. The van der Waals surface area contributed by atoms with Gasteiger partial charge in [-0.3, -0.25) is 0 Å². The smallest absolute Gasteiger partial charge is 0.342 e. The van der Waals surface area contributed by atoms with Crippen LogP contribution in [0.15, 0.2) is 42.5 Å². The normalized spacial score (nSPS) is 10.1. The highest BCUT2D eigenvalue weighted by Gasteiger charge is 2.17. The molecule has 0 unspecified atom stereocenters. The van der Waals surface area contributed by atoms with E-state index in [1.807, 2.05) is 0 Å². The van der Waals surface area contributed by atoms with Crippen molar-refractivity contribution in [3.63, 3.8) is 0 Å². The lowest BCUT2D eigenvalue weighted by atomic mass is 10.2. The number of rotatable bonds is 3. The molecule has 0 atom stereocenters. The Morgan fingerprint density at radius 1 is 1.17 bits per heavy atom. The van der Waals surface area contributed by atoms with Gasteiger partial charge in [0.1, 0.15) is 22.9 Å². The van der Waals surface area contributed by atoms with Crippen LogP contribution in [0, 0.1) is 5.82 Å². The van der Waals surface area contributed by atoms with Gasteiger partial charge in [-0.05, 0) is 36.4 Å². The summed E-state index contributed by atoms with van der Waals surface area (Å²) < 4.78 is 18.7. The number of benzene rings is 2. The topological polar surface area (TPSA) is 46.5 Å². The van der Waals surface area contributed by atoms with Crippen LogP contribution in [0.5, 0.6) is 11.5 Å². The van der Waals surface area contributed by atoms with Gasteiger partial charge in [0.2, 0.25) is 0 Å². The first-order valence-electron chi connectivity index (χ1n) is 5.03. The van der Waals surface area contributed by atoms with Crippen molar-refractivity contribution in [3.05, 3.63) is 58.9 Å². The van der Waals surface area contributed by atoms with Gasteiger partial charge in [-0.1, -0.05) is 17.7 Å². The van der Waals surface area contributed by atoms with Gasteiger partial charge in [0.15, 0.2) is 0 Å². The molecule has 0 aliphatic carbocycles. The van der Waals surface area contributed by atoms with Crippen molar-refractivity contribution in [2.45, 2.75) is 0 Å². The number of aromatic carboxylic acids is 1. The fourth-order valence-corrected chi connectivity index (χ4v) is 1.55. The Kier molecular flexibility index (Phi) is 3.48. The second-order valence-corrected chi connectivity index (χ2v) is 3.91. The van der Waals surface area contributed by atoms with E-state index in [-0.39, 0.29) is 5.75 Å². The maximum Gasteiger partial charge on any atom is 0.342 e. The van der Waals surface area contributed by atoms with E-state index < -0.39 is 17.3 Å². The van der Waals surface area contributed by atoms with Crippen LogP contribution in [-0.2, 0) is 0 Å². The molecule has 0 fully saturated rings. The minimum absolute atomic E-state index is 0.0511. The van der Waals surface area contributed by atoms with Crippen molar-refractivity contribution in [2.75, 3.05) is 0 Å². The van der Waals surface area contributed by atoms with Crippen LogP contribution in [0.1, 0.15) is 10.4 Å². The average Bonchev–Trinajstić information content (AvgIpc) is 2.32. The van der Waals surface area contributed by atoms with Gasteiger partial charge in [-0.25, -0.2) is 9.18 Å². The summed E-state index contributed by atoms with van der Waals surface area (Å²) in [6.45, 7) is 0. The molecule has 0 bridgehead atoms. The van der Waals surface area contributed by atoms with Crippen molar-refractivity contribution in [3.8, 4) is 11.5 Å². The predicted octanol–water partition coefficient (Wildman–Crippen LogP) is 3.97. The second kappa shape index (κ2) is 5.06. The Bertz CT molecular complexity index is 581. The molecule has 0 amide bonds. The molecular formula is C13H8ClFO3. The van der Waals surface area contributed by atoms with E-state index in [0.717, 1.165) is 6.07 Å². The summed E-state index contributed by atoms with van der Waals surface area (Å²) in [6, 6.07) is 10.2. The summed E-state index contributed by atoms with van der Waals surface area (Å²) in [7, 11) is 0. The quantitative estimate of drug-likeness (QED) is 0.914. The maximum atomic E-state index is 13.4. The molecule has 0 saturated heterocycles. The van der Waals surface area contributed by atoms with Gasteiger partial charge in [-0.15, -0.1) is 0 Å². The van der Waals surface area contributed by atoms with Crippen LogP contribution < -0.4 is 4.74 Å². The molecule has 0 aliphatic heterocycles. The molecule has 1 N–H and O–H groups in total. The number of carboxylic acid groups (broad SMARTS) is 1. The molecule has 0 radical (unpaired) electrons. The number of ether oxygens (including phenoxy) is 1. The third-order valence-corrected chi connectivity index (χ3v) is 2.48. The van der Waals surface area contributed by atoms with Gasteiger partial charge in [0, 0.05) is 5.02 Å². The summed E-state index contributed by atoms with van der Waals surface area (Å²) >= 11 is 5.71. The molecule has 18 heavy (non-hydrogen) atoms. The van der Waals surface area contributed by atoms with Gasteiger partial charge in [-0.2, -0.15) is 0 Å². The minimum Gasteiger partial charge on any atom is -0.477 e. The first-order chi connectivity index (χ1) is 8.58. The van der Waals surface area contributed by atoms with E-state index in [1.54, 1.807) is 24.3 Å². The van der Waals surface area contributed by atoms with E-state index in [9.17, 15) is 9.18 Å². The fraction of sp³-hybridized carbons (Fsp3) is 0. The predicted molar refractivity (Wildman–Crippen MR) is 64.9 cm³/mol. The Morgan fingerprint density at radius 3 is 2.44 bits per heavy atom. The Morgan fingerprint density at radius 2 is 1.83 bits per heavy atom. The zero-order valence-electron chi connectivity index (χ0n) is 9.06. The number of carbonyl (C=O) groups is 1. The third kappa shape index (κ3) is 2.60. The zero-order chi connectivity index (χ0) is 13.1. The van der Waals surface area contributed by atoms with Crippen molar-refractivity contribution in [2.24, 2.45) is 0 Å². The molecule has 0 aromatic heterocycles. The molecule has 3 nitrogen and oxygen atoms in total. The fourth-order valence-electron chi connectivity index (χ4n) is 1.43. The Balaban J connectivity index is 2.37. The largest absolute Gasteiger partial charge is 0.477 e. The summed E-state index contributed by atoms with van der Waals surface area (Å²) in [4.78, 5) is 10.9. The SMILES string of the molecule is O=C(O)c1c(F)cccc1Oc1ccc(Cl)cc1. The van der Waals surface area contributed by atoms with Crippen LogP contribution >= 0.6 is 11.6 Å². The first kappa shape index (κ1) is 12.4. The summed E-state index contributed by atoms with van der Waals surface area (Å²) in [5, 5.41) is 9.46. The molecule has 0 saturated carbocycles. The van der Waals surface area contributed by atoms with Crippen LogP contribution in [0.2, 0.25) is 5.02 Å². The molecule has 0 aliphatic rings. The third-order valence-electron chi connectivity index (χ3n) is 2.23. The zero-order valence-corrected chi connectivity index (χ0v) is 9.82. The van der Waals surface area contributed by atoms with Crippen LogP contribution in [-0.4, -0.2) is 11.1 Å². The van der Waals surface area contributed by atoms with E-state index in [2.05, 4.69) is 0 Å². The summed E-state index contributed by atoms with van der Waals surface area (Å²) in [5.74, 6) is -1.89. The van der Waals surface area contributed by atoms with E-state index in [1.165, 1.54) is 12.1 Å². The first-order valence-corrected chi connectivity index (χ1v) is 5.41. The van der Waals surface area contributed by atoms with Gasteiger partial charge >= 0.3 is 5.97 Å². The van der Waals surface area contributed by atoms with Gasteiger partial charge in [0.05, 0.1) is 0 Å². The molecule has 5 heteroatoms. The Hall–Kier alpha value is -2.07. The lowest BCUT2D eigenvalue weighted by Crippen LogP contribution is -2.03. The molecule has 2 rings (SSSR count). The maximum absolute atomic E-state index is 13.4. The molecule has 92 valence electrons. The number of halogens is 2. The van der Waals surface area contributed by atoms with Crippen LogP contribution in [0.25, 0.3) is 0 Å². The molecular weight excluding hydrogens is 259 g/mol. The second-order valence-electron chi connectivity index (χ2n) is 3.47. The standard InChI is InChI=1S/C13H8ClFO3/c14-8-4-6-9(7-5-8)18-11-3-1-2-10(15)12(11)13(16)17/h1-7H,(H,16,17). The lowest BCUT2D eigenvalue weighted by molar-refractivity contribution is 0.0689. The van der Waals surface area contributed by atoms with Gasteiger partial charge in [0.25, 0.3) is 0 Å². The lowest BCUT2D eigenvalue weighted by Gasteiger charge is -2.09. The average molecular weight is 267 g/mol. The molecule has 2 aromatic rings. The summed E-state index contributed by atoms with van der Waals surface area (Å²) in [6.07, 6.45) is 0. The van der Waals surface area contributed by atoms with Crippen LogP contribution in [0.4, 0.5) is 4.39 Å².